The van der Waals surface area contributed by atoms with Crippen LogP contribution in [0, 0.1) is 0 Å². The molecule has 5 N–H and O–H groups in total. The number of hydrogen-bond donors (Lipinski definition) is 5. The third-order valence-electron chi connectivity index (χ3n) is 8.78. The molecule has 0 fully saturated rings. The molecule has 10 nitrogen and oxygen atoms in total. The molecule has 11 heteroatoms. The molecule has 1 amide bonds. The Morgan fingerprint density at radius 3 is 1.94 bits per heavy atom. The minimum Gasteiger partial charge on any atom is -0.390 e. The normalized spacial score (nSPS) is 16.2. The van der Waals surface area contributed by atoms with Crippen molar-refractivity contribution < 1.29 is 43.1 Å². The fourth-order valence-electron chi connectivity index (χ4n) is 5.37. The number of nitrogens with zero attached hydrogens (tertiary/aromatic N) is 1. The maximum atomic E-state index is 12.8. The van der Waals surface area contributed by atoms with Crippen LogP contribution in [0.2, 0.25) is 0 Å². The second-order valence-electron chi connectivity index (χ2n) is 15.0. The number of nitrogens with one attached hydrogen (secondary N) is 1. The summed E-state index contributed by atoms with van der Waals surface area (Å²) in [4.78, 5) is 23.0. The van der Waals surface area contributed by atoms with E-state index >= 15 is 0 Å². The van der Waals surface area contributed by atoms with Crippen molar-refractivity contribution in [1.82, 2.24) is 5.32 Å². The molecule has 0 aromatic rings. The number of allylic oxidation sites excluding steroid dienone is 4. The molecule has 0 heterocycles. The van der Waals surface area contributed by atoms with Crippen LogP contribution in [0.15, 0.2) is 36.5 Å². The van der Waals surface area contributed by atoms with Crippen molar-refractivity contribution in [1.29, 1.82) is 0 Å². The van der Waals surface area contributed by atoms with Crippen LogP contribution in [0.5, 0.6) is 0 Å². The van der Waals surface area contributed by atoms with Gasteiger partial charge in [0.25, 0.3) is 0 Å². The molecule has 0 bridgehead atoms. The predicted octanol–water partition coefficient (Wildman–Crippen LogP) is 8.29. The van der Waals surface area contributed by atoms with Crippen molar-refractivity contribution in [2.75, 3.05) is 40.9 Å². The molecule has 0 aliphatic heterocycles. The molecule has 0 aromatic heterocycles. The van der Waals surface area contributed by atoms with Crippen molar-refractivity contribution >= 4 is 13.7 Å². The van der Waals surface area contributed by atoms with Gasteiger partial charge in [0, 0.05) is 6.42 Å². The fraction of sp³-hybridized carbons (Fsp3) is 0.825. The minimum atomic E-state index is -4.38. The van der Waals surface area contributed by atoms with Crippen LogP contribution in [0.25, 0.3) is 0 Å². The third kappa shape index (κ3) is 33.0. The van der Waals surface area contributed by atoms with Gasteiger partial charge in [0.1, 0.15) is 13.2 Å². The first kappa shape index (κ1) is 49.6. The SMILES string of the molecule is CCCCC/C=C\C[C@H](O)[C@@H](O)CCCCCCCC(=O)N[C@@H](COP(=O)(O)OCC[N+](C)(C)C)[C@H](O)/C=C/CC/C=C\CCCCCCCC. The van der Waals surface area contributed by atoms with Crippen LogP contribution in [-0.4, -0.2) is 95.9 Å². The van der Waals surface area contributed by atoms with E-state index in [2.05, 4.69) is 37.4 Å². The van der Waals surface area contributed by atoms with Gasteiger partial charge in [-0.2, -0.15) is 0 Å². The van der Waals surface area contributed by atoms with Crippen LogP contribution in [0.1, 0.15) is 149 Å². The number of carbonyl (C=O) groups is 1. The summed E-state index contributed by atoms with van der Waals surface area (Å²) in [5.74, 6) is -0.270. The Kier molecular flexibility index (Phi) is 31.2. The lowest BCUT2D eigenvalue weighted by Crippen LogP contribution is -2.45. The van der Waals surface area contributed by atoms with Crippen molar-refractivity contribution in [2.24, 2.45) is 0 Å². The number of hydrogen-bond acceptors (Lipinski definition) is 7. The van der Waals surface area contributed by atoms with E-state index < -0.39 is 32.2 Å². The first-order valence-electron chi connectivity index (χ1n) is 20.0. The first-order chi connectivity index (χ1) is 24.3. The maximum Gasteiger partial charge on any atom is 0.472 e. The zero-order valence-corrected chi connectivity index (χ0v) is 34.0. The zero-order chi connectivity index (χ0) is 38.2. The highest BCUT2D eigenvalue weighted by Gasteiger charge is 2.27. The fourth-order valence-corrected chi connectivity index (χ4v) is 6.11. The number of carbonyl (C=O) groups excluding carboxylic acids is 1. The zero-order valence-electron chi connectivity index (χ0n) is 33.1. The number of phosphoric ester groups is 1. The molecule has 0 aromatic carbocycles. The summed E-state index contributed by atoms with van der Waals surface area (Å²) in [6.07, 6.45) is 29.5. The van der Waals surface area contributed by atoms with E-state index in [0.717, 1.165) is 57.8 Å². The maximum absolute atomic E-state index is 12.8. The van der Waals surface area contributed by atoms with Crippen molar-refractivity contribution in [3.05, 3.63) is 36.5 Å². The summed E-state index contributed by atoms with van der Waals surface area (Å²) >= 11 is 0. The molecule has 51 heavy (non-hydrogen) atoms. The molecular weight excluding hydrogens is 667 g/mol. The highest BCUT2D eigenvalue weighted by Crippen LogP contribution is 2.43. The quantitative estimate of drug-likeness (QED) is 0.0189. The summed E-state index contributed by atoms with van der Waals surface area (Å²) in [6, 6.07) is -0.918. The van der Waals surface area contributed by atoms with Gasteiger partial charge in [-0.05, 0) is 57.8 Å². The van der Waals surface area contributed by atoms with Crippen LogP contribution in [0.3, 0.4) is 0 Å². The molecule has 300 valence electrons. The van der Waals surface area contributed by atoms with E-state index in [0.29, 0.717) is 30.3 Å². The number of rotatable bonds is 35. The molecule has 0 saturated carbocycles. The van der Waals surface area contributed by atoms with Gasteiger partial charge in [0.2, 0.25) is 5.91 Å². The number of phosphoric acid groups is 1. The summed E-state index contributed by atoms with van der Waals surface area (Å²) < 4.78 is 23.4. The van der Waals surface area contributed by atoms with E-state index in [1.165, 1.54) is 51.4 Å². The van der Waals surface area contributed by atoms with Crippen molar-refractivity contribution in [3.63, 3.8) is 0 Å². The van der Waals surface area contributed by atoms with Gasteiger partial charge >= 0.3 is 7.82 Å². The average Bonchev–Trinajstić information content (AvgIpc) is 3.07. The highest BCUT2D eigenvalue weighted by molar-refractivity contribution is 7.47. The third-order valence-corrected chi connectivity index (χ3v) is 9.77. The summed E-state index contributed by atoms with van der Waals surface area (Å²) in [5.41, 5.74) is 0. The van der Waals surface area contributed by atoms with Gasteiger partial charge < -0.3 is 30.0 Å². The lowest BCUT2D eigenvalue weighted by atomic mass is 10.0. The second kappa shape index (κ2) is 32.1. The Hall–Kier alpha value is -1.36. The van der Waals surface area contributed by atoms with Gasteiger partial charge in [0.15, 0.2) is 0 Å². The van der Waals surface area contributed by atoms with Crippen molar-refractivity contribution in [3.8, 4) is 0 Å². The Bertz CT molecular complexity index is 969. The monoisotopic (exact) mass is 746 g/mol. The predicted molar refractivity (Wildman–Crippen MR) is 210 cm³/mol. The van der Waals surface area contributed by atoms with Crippen LogP contribution < -0.4 is 5.32 Å². The van der Waals surface area contributed by atoms with Gasteiger partial charge in [0.05, 0.1) is 52.1 Å². The van der Waals surface area contributed by atoms with Crippen molar-refractivity contribution in [2.45, 2.75) is 173 Å². The summed E-state index contributed by atoms with van der Waals surface area (Å²) in [5, 5.41) is 34.1. The van der Waals surface area contributed by atoms with Gasteiger partial charge in [-0.15, -0.1) is 0 Å². The number of likely N-dealkylation sites (N-methyl/N-ethyl adjacent to an activating group) is 1. The van der Waals surface area contributed by atoms with Crippen LogP contribution >= 0.6 is 7.82 Å². The largest absolute Gasteiger partial charge is 0.472 e. The smallest absolute Gasteiger partial charge is 0.390 e. The van der Waals surface area contributed by atoms with E-state index in [1.807, 2.05) is 33.3 Å². The molecule has 0 aliphatic rings. The lowest BCUT2D eigenvalue weighted by molar-refractivity contribution is -0.870. The van der Waals surface area contributed by atoms with E-state index in [1.54, 1.807) is 6.08 Å². The summed E-state index contributed by atoms with van der Waals surface area (Å²) in [7, 11) is 1.45. The molecule has 0 rings (SSSR count). The van der Waals surface area contributed by atoms with E-state index in [9.17, 15) is 29.6 Å². The number of aliphatic hydroxyl groups is 3. The van der Waals surface area contributed by atoms with E-state index in [4.69, 9.17) is 9.05 Å². The van der Waals surface area contributed by atoms with Gasteiger partial charge in [-0.1, -0.05) is 121 Å². The molecular formula is C40H78N2O8P+. The first-order valence-corrected chi connectivity index (χ1v) is 21.5. The number of aliphatic hydroxyl groups excluding tert-OH is 3. The standard InChI is InChI=1S/C40H77N2O8P/c1-6-8-10-12-14-15-16-17-18-19-22-25-29-37(43)36(35-50-51(47,48)49-34-33-42(3,4)5)41-40(46)32-28-24-20-23-27-31-39(45)38(44)30-26-21-13-11-9-7-2/h17-18,21,25-26,29,36-39,43-45H,6-16,19-20,22-24,27-28,30-35H2,1-5H3,(H-,41,46,47,48)/p+1/b18-17-,26-21-,29-25+/t36-,37+,38-,39-/m0/s1. The van der Waals surface area contributed by atoms with Crippen LogP contribution in [-0.2, 0) is 18.4 Å². The molecule has 0 saturated heterocycles. The second-order valence-corrected chi connectivity index (χ2v) is 16.4. The topological polar surface area (TPSA) is 146 Å². The molecule has 1 unspecified atom stereocenters. The van der Waals surface area contributed by atoms with Gasteiger partial charge in [-0.3, -0.25) is 13.8 Å². The number of quaternary nitrogens is 1. The molecule has 0 aliphatic carbocycles. The Balaban J connectivity index is 4.68. The average molecular weight is 746 g/mol. The van der Waals surface area contributed by atoms with E-state index in [-0.39, 0.29) is 25.5 Å². The minimum absolute atomic E-state index is 0.0270. The molecule has 0 spiro atoms. The number of unbranched alkanes of at least 4 members (excludes halogenated alkanes) is 14. The molecule has 0 radical (unpaired) electrons. The summed E-state index contributed by atoms with van der Waals surface area (Å²) in [6.45, 7) is 4.55. The Morgan fingerprint density at radius 2 is 1.25 bits per heavy atom. The number of amides is 1. The Morgan fingerprint density at radius 1 is 0.706 bits per heavy atom. The van der Waals surface area contributed by atoms with Crippen LogP contribution in [0.4, 0.5) is 0 Å². The Labute approximate surface area is 312 Å². The lowest BCUT2D eigenvalue weighted by Gasteiger charge is -2.25. The highest BCUT2D eigenvalue weighted by atomic mass is 31.2. The van der Waals surface area contributed by atoms with Gasteiger partial charge in [-0.25, -0.2) is 4.57 Å². The molecule has 5 atom stereocenters.